The molecule has 1 aliphatic carbocycles. The van der Waals surface area contributed by atoms with Crippen LogP contribution < -0.4 is 10.5 Å². The molecule has 100 valence electrons. The van der Waals surface area contributed by atoms with E-state index in [9.17, 15) is 8.42 Å². The third-order valence-electron chi connectivity index (χ3n) is 3.21. The summed E-state index contributed by atoms with van der Waals surface area (Å²) in [5, 5.41) is 0. The topological polar surface area (TPSA) is 72.2 Å². The molecule has 0 radical (unpaired) electrons. The molecule has 3 N–H and O–H groups in total. The molecule has 1 aromatic carbocycles. The van der Waals surface area contributed by atoms with Crippen molar-refractivity contribution in [2.45, 2.75) is 31.4 Å². The second kappa shape index (κ2) is 5.71. The zero-order valence-electron chi connectivity index (χ0n) is 10.4. The standard InChI is InChI=1S/C13H20N2O2S/c14-13-6-2-1-5-12(13)10-18(16,17)15-9-3-4-11-7-8-11/h1-2,5-6,11,15H,3-4,7-10,14H2. The van der Waals surface area contributed by atoms with Crippen LogP contribution in [0.15, 0.2) is 24.3 Å². The summed E-state index contributed by atoms with van der Waals surface area (Å²) >= 11 is 0. The minimum Gasteiger partial charge on any atom is -0.398 e. The van der Waals surface area contributed by atoms with Crippen LogP contribution in [0.5, 0.6) is 0 Å². The second-order valence-corrected chi connectivity index (χ2v) is 6.74. The van der Waals surface area contributed by atoms with Crippen LogP contribution in [0.25, 0.3) is 0 Å². The molecular formula is C13H20N2O2S. The van der Waals surface area contributed by atoms with E-state index in [1.54, 1.807) is 24.3 Å². The molecule has 0 aromatic heterocycles. The van der Waals surface area contributed by atoms with Gasteiger partial charge in [-0.25, -0.2) is 13.1 Å². The Morgan fingerprint density at radius 1 is 1.28 bits per heavy atom. The lowest BCUT2D eigenvalue weighted by Gasteiger charge is -2.08. The van der Waals surface area contributed by atoms with Gasteiger partial charge in [0.1, 0.15) is 0 Å². The van der Waals surface area contributed by atoms with E-state index in [-0.39, 0.29) is 5.75 Å². The number of hydrogen-bond acceptors (Lipinski definition) is 3. The Morgan fingerprint density at radius 2 is 2.00 bits per heavy atom. The smallest absolute Gasteiger partial charge is 0.215 e. The van der Waals surface area contributed by atoms with Gasteiger partial charge in [0.2, 0.25) is 10.0 Å². The minimum absolute atomic E-state index is 0.0386. The number of rotatable bonds is 7. The maximum absolute atomic E-state index is 11.8. The van der Waals surface area contributed by atoms with Gasteiger partial charge in [0, 0.05) is 12.2 Å². The lowest BCUT2D eigenvalue weighted by Crippen LogP contribution is -2.26. The summed E-state index contributed by atoms with van der Waals surface area (Å²) in [6.07, 6.45) is 4.69. The van der Waals surface area contributed by atoms with Crippen molar-refractivity contribution in [3.63, 3.8) is 0 Å². The molecule has 0 saturated heterocycles. The van der Waals surface area contributed by atoms with Gasteiger partial charge >= 0.3 is 0 Å². The molecule has 1 aromatic rings. The van der Waals surface area contributed by atoms with Crippen LogP contribution in [0.2, 0.25) is 0 Å². The zero-order chi connectivity index (χ0) is 13.0. The van der Waals surface area contributed by atoms with Crippen molar-refractivity contribution in [2.75, 3.05) is 12.3 Å². The van der Waals surface area contributed by atoms with E-state index in [0.29, 0.717) is 17.8 Å². The average molecular weight is 268 g/mol. The number of anilines is 1. The first kappa shape index (κ1) is 13.4. The second-order valence-electron chi connectivity index (χ2n) is 4.94. The van der Waals surface area contributed by atoms with Gasteiger partial charge in [0.25, 0.3) is 0 Å². The summed E-state index contributed by atoms with van der Waals surface area (Å²) in [5.74, 6) is 0.808. The molecule has 0 unspecified atom stereocenters. The Balaban J connectivity index is 1.80. The highest BCUT2D eigenvalue weighted by atomic mass is 32.2. The molecule has 1 saturated carbocycles. The fraction of sp³-hybridized carbons (Fsp3) is 0.538. The Hall–Kier alpha value is -1.07. The van der Waals surface area contributed by atoms with Gasteiger partial charge in [-0.1, -0.05) is 31.0 Å². The number of benzene rings is 1. The fourth-order valence-corrected chi connectivity index (χ4v) is 3.18. The molecule has 0 spiro atoms. The van der Waals surface area contributed by atoms with E-state index in [2.05, 4.69) is 4.72 Å². The molecule has 0 heterocycles. The van der Waals surface area contributed by atoms with E-state index >= 15 is 0 Å². The van der Waals surface area contributed by atoms with Crippen LogP contribution in [0.1, 0.15) is 31.2 Å². The first-order chi connectivity index (χ1) is 8.57. The Labute approximate surface area is 109 Å². The predicted molar refractivity (Wildman–Crippen MR) is 73.4 cm³/mol. The molecule has 1 aliphatic rings. The summed E-state index contributed by atoms with van der Waals surface area (Å²) < 4.78 is 26.3. The van der Waals surface area contributed by atoms with Crippen LogP contribution in [0, 0.1) is 5.92 Å². The SMILES string of the molecule is Nc1ccccc1CS(=O)(=O)NCCCC1CC1. The quantitative estimate of drug-likeness (QED) is 0.586. The molecule has 0 amide bonds. The molecule has 5 heteroatoms. The molecule has 18 heavy (non-hydrogen) atoms. The van der Waals surface area contributed by atoms with E-state index < -0.39 is 10.0 Å². The van der Waals surface area contributed by atoms with Gasteiger partial charge < -0.3 is 5.73 Å². The summed E-state index contributed by atoms with van der Waals surface area (Å²) in [4.78, 5) is 0. The van der Waals surface area contributed by atoms with E-state index in [1.165, 1.54) is 12.8 Å². The van der Waals surface area contributed by atoms with Crippen LogP contribution in [0.4, 0.5) is 5.69 Å². The molecule has 0 atom stereocenters. The number of nitrogen functional groups attached to an aromatic ring is 1. The maximum Gasteiger partial charge on any atom is 0.215 e. The van der Waals surface area contributed by atoms with Crippen molar-refractivity contribution in [1.29, 1.82) is 0 Å². The van der Waals surface area contributed by atoms with Crippen molar-refractivity contribution in [3.8, 4) is 0 Å². The Bertz CT molecular complexity index is 495. The van der Waals surface area contributed by atoms with Gasteiger partial charge in [0.15, 0.2) is 0 Å². The largest absolute Gasteiger partial charge is 0.398 e. The minimum atomic E-state index is -3.26. The maximum atomic E-state index is 11.8. The number of hydrogen-bond donors (Lipinski definition) is 2. The highest BCUT2D eigenvalue weighted by Crippen LogP contribution is 2.33. The number of para-hydroxylation sites is 1. The van der Waals surface area contributed by atoms with E-state index in [0.717, 1.165) is 18.8 Å². The zero-order valence-corrected chi connectivity index (χ0v) is 11.2. The first-order valence-electron chi connectivity index (χ1n) is 6.37. The van der Waals surface area contributed by atoms with Gasteiger partial charge in [0.05, 0.1) is 5.75 Å². The molecule has 0 bridgehead atoms. The third kappa shape index (κ3) is 4.31. The summed E-state index contributed by atoms with van der Waals surface area (Å²) in [6, 6.07) is 7.07. The van der Waals surface area contributed by atoms with Gasteiger partial charge in [-0.15, -0.1) is 0 Å². The van der Waals surface area contributed by atoms with Crippen molar-refractivity contribution >= 4 is 15.7 Å². The molecule has 2 rings (SSSR count). The first-order valence-corrected chi connectivity index (χ1v) is 8.03. The normalized spacial score (nSPS) is 15.8. The fourth-order valence-electron chi connectivity index (χ4n) is 1.95. The highest BCUT2D eigenvalue weighted by Gasteiger charge is 2.20. The van der Waals surface area contributed by atoms with E-state index in [4.69, 9.17) is 5.73 Å². The number of nitrogens with one attached hydrogen (secondary N) is 1. The van der Waals surface area contributed by atoms with Gasteiger partial charge in [-0.2, -0.15) is 0 Å². The summed E-state index contributed by atoms with van der Waals surface area (Å²) in [6.45, 7) is 0.533. The van der Waals surface area contributed by atoms with E-state index in [1.807, 2.05) is 0 Å². The summed E-state index contributed by atoms with van der Waals surface area (Å²) in [5.41, 5.74) is 6.93. The molecular weight excluding hydrogens is 248 g/mol. The van der Waals surface area contributed by atoms with Crippen molar-refractivity contribution in [2.24, 2.45) is 5.92 Å². The number of sulfonamides is 1. The van der Waals surface area contributed by atoms with Crippen LogP contribution >= 0.6 is 0 Å². The Kier molecular flexibility index (Phi) is 4.24. The van der Waals surface area contributed by atoms with Crippen LogP contribution in [-0.2, 0) is 15.8 Å². The average Bonchev–Trinajstić information content (AvgIpc) is 3.12. The van der Waals surface area contributed by atoms with Gasteiger partial charge in [-0.3, -0.25) is 0 Å². The highest BCUT2D eigenvalue weighted by molar-refractivity contribution is 7.88. The molecule has 1 fully saturated rings. The Morgan fingerprint density at radius 3 is 2.67 bits per heavy atom. The summed E-state index contributed by atoms with van der Waals surface area (Å²) in [7, 11) is -3.26. The van der Waals surface area contributed by atoms with Crippen molar-refractivity contribution in [3.05, 3.63) is 29.8 Å². The van der Waals surface area contributed by atoms with Gasteiger partial charge in [-0.05, 0) is 30.4 Å². The van der Waals surface area contributed by atoms with Crippen molar-refractivity contribution in [1.82, 2.24) is 4.72 Å². The van der Waals surface area contributed by atoms with Crippen LogP contribution in [-0.4, -0.2) is 15.0 Å². The predicted octanol–water partition coefficient (Wildman–Crippen LogP) is 1.88. The molecule has 0 aliphatic heterocycles. The lowest BCUT2D eigenvalue weighted by molar-refractivity contribution is 0.572. The number of nitrogens with two attached hydrogens (primary N) is 1. The monoisotopic (exact) mass is 268 g/mol. The lowest BCUT2D eigenvalue weighted by atomic mass is 10.2. The van der Waals surface area contributed by atoms with Crippen LogP contribution in [0.3, 0.4) is 0 Å². The third-order valence-corrected chi connectivity index (χ3v) is 4.54. The van der Waals surface area contributed by atoms with Crippen molar-refractivity contribution < 1.29 is 8.42 Å². The molecule has 4 nitrogen and oxygen atoms in total.